The zero-order valence-electron chi connectivity index (χ0n) is 8.10. The lowest BCUT2D eigenvalue weighted by Gasteiger charge is -2.23. The van der Waals surface area contributed by atoms with E-state index in [1.807, 2.05) is 0 Å². The molecule has 5 heteroatoms. The molecule has 0 unspecified atom stereocenters. The molecule has 0 aromatic carbocycles. The molecule has 0 aromatic heterocycles. The number of aliphatic hydroxyl groups excluding tert-OH is 1. The molecule has 1 rings (SSSR count). The summed E-state index contributed by atoms with van der Waals surface area (Å²) in [5.41, 5.74) is 0. The Morgan fingerprint density at radius 3 is 2.31 bits per heavy atom. The van der Waals surface area contributed by atoms with Crippen LogP contribution >= 0.6 is 0 Å². The average molecular weight is 192 g/mol. The van der Waals surface area contributed by atoms with E-state index in [2.05, 4.69) is 0 Å². The van der Waals surface area contributed by atoms with Gasteiger partial charge in [0, 0.05) is 21.3 Å². The van der Waals surface area contributed by atoms with Gasteiger partial charge in [-0.25, -0.2) is 0 Å². The van der Waals surface area contributed by atoms with E-state index in [-0.39, 0.29) is 6.10 Å². The van der Waals surface area contributed by atoms with Gasteiger partial charge in [0.25, 0.3) is 0 Å². The van der Waals surface area contributed by atoms with Crippen LogP contribution in [-0.2, 0) is 18.9 Å². The van der Waals surface area contributed by atoms with Gasteiger partial charge in [-0.2, -0.15) is 0 Å². The van der Waals surface area contributed by atoms with Crippen LogP contribution in [0, 0.1) is 0 Å². The van der Waals surface area contributed by atoms with Gasteiger partial charge in [-0.05, 0) is 0 Å². The molecule has 1 N–H and O–H groups in total. The van der Waals surface area contributed by atoms with Crippen molar-refractivity contribution in [3.63, 3.8) is 0 Å². The Morgan fingerprint density at radius 1 is 1.31 bits per heavy atom. The Morgan fingerprint density at radius 2 is 1.92 bits per heavy atom. The quantitative estimate of drug-likeness (QED) is 0.602. The molecule has 1 fully saturated rings. The fourth-order valence-corrected chi connectivity index (χ4v) is 1.43. The average Bonchev–Trinajstić information content (AvgIpc) is 2.50. The second kappa shape index (κ2) is 4.88. The SMILES string of the molecule is COC(OC)[C@@H]1OC[C@H](OC)[C@H]1O. The fourth-order valence-electron chi connectivity index (χ4n) is 1.43. The van der Waals surface area contributed by atoms with Crippen molar-refractivity contribution in [2.24, 2.45) is 0 Å². The van der Waals surface area contributed by atoms with E-state index in [9.17, 15) is 5.11 Å². The predicted molar refractivity (Wildman–Crippen MR) is 44.3 cm³/mol. The van der Waals surface area contributed by atoms with Crippen molar-refractivity contribution < 1.29 is 24.1 Å². The van der Waals surface area contributed by atoms with Crippen LogP contribution in [0.2, 0.25) is 0 Å². The Hall–Kier alpha value is -0.200. The Labute approximate surface area is 77.5 Å². The van der Waals surface area contributed by atoms with Crippen LogP contribution in [0.4, 0.5) is 0 Å². The lowest BCUT2D eigenvalue weighted by Crippen LogP contribution is -2.41. The molecule has 1 aliphatic heterocycles. The van der Waals surface area contributed by atoms with Crippen LogP contribution in [0.15, 0.2) is 0 Å². The van der Waals surface area contributed by atoms with Gasteiger partial charge in [-0.15, -0.1) is 0 Å². The number of methoxy groups -OCH3 is 3. The highest BCUT2D eigenvalue weighted by atomic mass is 16.7. The number of rotatable bonds is 4. The summed E-state index contributed by atoms with van der Waals surface area (Å²) < 4.78 is 20.3. The monoisotopic (exact) mass is 192 g/mol. The molecular formula is C8H16O5. The van der Waals surface area contributed by atoms with Crippen molar-refractivity contribution in [1.29, 1.82) is 0 Å². The van der Waals surface area contributed by atoms with Crippen molar-refractivity contribution in [3.05, 3.63) is 0 Å². The maximum absolute atomic E-state index is 9.67. The van der Waals surface area contributed by atoms with Crippen LogP contribution in [0.5, 0.6) is 0 Å². The molecule has 0 aromatic rings. The van der Waals surface area contributed by atoms with Gasteiger partial charge in [-0.3, -0.25) is 0 Å². The van der Waals surface area contributed by atoms with Gasteiger partial charge < -0.3 is 24.1 Å². The zero-order chi connectivity index (χ0) is 9.84. The highest BCUT2D eigenvalue weighted by molar-refractivity contribution is 4.86. The summed E-state index contributed by atoms with van der Waals surface area (Å²) in [5.74, 6) is 0. The summed E-state index contributed by atoms with van der Waals surface area (Å²) in [5, 5.41) is 9.67. The number of ether oxygens (including phenoxy) is 4. The van der Waals surface area contributed by atoms with Crippen LogP contribution in [0.1, 0.15) is 0 Å². The third-order valence-corrected chi connectivity index (χ3v) is 2.21. The van der Waals surface area contributed by atoms with Crippen molar-refractivity contribution in [3.8, 4) is 0 Å². The zero-order valence-corrected chi connectivity index (χ0v) is 8.10. The predicted octanol–water partition coefficient (Wildman–Crippen LogP) is -0.620. The Kier molecular flexibility index (Phi) is 4.08. The number of aliphatic hydroxyl groups is 1. The summed E-state index contributed by atoms with van der Waals surface area (Å²) in [6.07, 6.45) is -2.01. The summed E-state index contributed by atoms with van der Waals surface area (Å²) in [6.45, 7) is 0.367. The largest absolute Gasteiger partial charge is 0.387 e. The van der Waals surface area contributed by atoms with Gasteiger partial charge in [-0.1, -0.05) is 0 Å². The second-order valence-corrected chi connectivity index (χ2v) is 2.90. The maximum atomic E-state index is 9.67. The first-order chi connectivity index (χ1) is 6.24. The van der Waals surface area contributed by atoms with Gasteiger partial charge >= 0.3 is 0 Å². The summed E-state index contributed by atoms with van der Waals surface area (Å²) >= 11 is 0. The maximum Gasteiger partial charge on any atom is 0.185 e. The van der Waals surface area contributed by atoms with Crippen LogP contribution in [0.25, 0.3) is 0 Å². The summed E-state index contributed by atoms with van der Waals surface area (Å²) in [6, 6.07) is 0. The van der Waals surface area contributed by atoms with Crippen LogP contribution in [-0.4, -0.2) is 57.6 Å². The molecular weight excluding hydrogens is 176 g/mol. The molecule has 0 spiro atoms. The summed E-state index contributed by atoms with van der Waals surface area (Å²) in [7, 11) is 4.54. The van der Waals surface area contributed by atoms with E-state index in [1.165, 1.54) is 21.3 Å². The smallest absolute Gasteiger partial charge is 0.185 e. The molecule has 0 bridgehead atoms. The highest BCUT2D eigenvalue weighted by Crippen LogP contribution is 2.21. The van der Waals surface area contributed by atoms with E-state index >= 15 is 0 Å². The van der Waals surface area contributed by atoms with Crippen molar-refractivity contribution in [1.82, 2.24) is 0 Å². The van der Waals surface area contributed by atoms with Crippen molar-refractivity contribution in [2.75, 3.05) is 27.9 Å². The standard InChI is InChI=1S/C8H16O5/c1-10-5-4-13-7(6(5)9)8(11-2)12-3/h5-9H,4H2,1-3H3/t5-,6+,7+/m0/s1. The topological polar surface area (TPSA) is 57.2 Å². The molecule has 0 radical (unpaired) electrons. The van der Waals surface area contributed by atoms with Crippen LogP contribution in [0.3, 0.4) is 0 Å². The lowest BCUT2D eigenvalue weighted by molar-refractivity contribution is -0.186. The van der Waals surface area contributed by atoms with Gasteiger partial charge in [0.1, 0.15) is 18.3 Å². The van der Waals surface area contributed by atoms with Gasteiger partial charge in [0.2, 0.25) is 0 Å². The molecule has 13 heavy (non-hydrogen) atoms. The number of hydrogen-bond donors (Lipinski definition) is 1. The first-order valence-electron chi connectivity index (χ1n) is 4.12. The molecule has 0 amide bonds. The third kappa shape index (κ3) is 2.18. The Balaban J connectivity index is 2.52. The van der Waals surface area contributed by atoms with E-state index < -0.39 is 18.5 Å². The highest BCUT2D eigenvalue weighted by Gasteiger charge is 2.41. The van der Waals surface area contributed by atoms with Crippen LogP contribution < -0.4 is 0 Å². The molecule has 1 saturated heterocycles. The minimum Gasteiger partial charge on any atom is -0.387 e. The third-order valence-electron chi connectivity index (χ3n) is 2.21. The molecule has 0 saturated carbocycles. The first-order valence-corrected chi connectivity index (χ1v) is 4.12. The van der Waals surface area contributed by atoms with E-state index in [4.69, 9.17) is 18.9 Å². The van der Waals surface area contributed by atoms with E-state index in [0.717, 1.165) is 0 Å². The molecule has 1 heterocycles. The minimum atomic E-state index is -0.699. The number of hydrogen-bond acceptors (Lipinski definition) is 5. The molecule has 0 aliphatic carbocycles. The van der Waals surface area contributed by atoms with Gasteiger partial charge in [0.15, 0.2) is 6.29 Å². The van der Waals surface area contributed by atoms with Crippen molar-refractivity contribution >= 4 is 0 Å². The normalized spacial score (nSPS) is 34.4. The van der Waals surface area contributed by atoms with Gasteiger partial charge in [0.05, 0.1) is 6.61 Å². The fraction of sp³-hybridized carbons (Fsp3) is 1.00. The first kappa shape index (κ1) is 10.9. The Bertz CT molecular complexity index is 147. The molecule has 78 valence electrons. The second-order valence-electron chi connectivity index (χ2n) is 2.90. The van der Waals surface area contributed by atoms with Crippen molar-refractivity contribution in [2.45, 2.75) is 24.6 Å². The summed E-state index contributed by atoms with van der Waals surface area (Å²) in [4.78, 5) is 0. The lowest BCUT2D eigenvalue weighted by atomic mass is 10.1. The minimum absolute atomic E-state index is 0.294. The van der Waals surface area contributed by atoms with E-state index in [1.54, 1.807) is 0 Å². The molecule has 1 aliphatic rings. The molecule has 3 atom stereocenters. The molecule has 5 nitrogen and oxygen atoms in total. The van der Waals surface area contributed by atoms with E-state index in [0.29, 0.717) is 6.61 Å².